The standard InChI is InChI=1S/C12H19N3O2/c1-4-17-10-7-5-6-9(15-10)14-8-12(2,3)11(13)16/h5-7H,4,8H2,1-3H3,(H2,13,16)(H,14,15). The van der Waals surface area contributed by atoms with Crippen molar-refractivity contribution >= 4 is 11.7 Å². The Morgan fingerprint density at radius 1 is 1.53 bits per heavy atom. The Bertz CT molecular complexity index is 391. The van der Waals surface area contributed by atoms with E-state index >= 15 is 0 Å². The molecule has 1 amide bonds. The molecule has 0 aliphatic carbocycles. The second kappa shape index (κ2) is 5.52. The van der Waals surface area contributed by atoms with E-state index < -0.39 is 5.41 Å². The fraction of sp³-hybridized carbons (Fsp3) is 0.500. The Labute approximate surface area is 101 Å². The van der Waals surface area contributed by atoms with Crippen molar-refractivity contribution in [2.75, 3.05) is 18.5 Å². The number of carbonyl (C=O) groups excluding carboxylic acids is 1. The maximum absolute atomic E-state index is 11.1. The van der Waals surface area contributed by atoms with Crippen molar-refractivity contribution in [1.82, 2.24) is 4.98 Å². The minimum Gasteiger partial charge on any atom is -0.478 e. The number of nitrogens with two attached hydrogens (primary N) is 1. The lowest BCUT2D eigenvalue weighted by molar-refractivity contribution is -0.125. The highest BCUT2D eigenvalue weighted by molar-refractivity contribution is 5.80. The smallest absolute Gasteiger partial charge is 0.224 e. The van der Waals surface area contributed by atoms with Crippen LogP contribution in [-0.2, 0) is 4.79 Å². The molecule has 1 aromatic heterocycles. The summed E-state index contributed by atoms with van der Waals surface area (Å²) in [5.74, 6) is 0.894. The van der Waals surface area contributed by atoms with Gasteiger partial charge < -0.3 is 15.8 Å². The van der Waals surface area contributed by atoms with E-state index in [1.54, 1.807) is 19.9 Å². The number of hydrogen-bond donors (Lipinski definition) is 2. The Morgan fingerprint density at radius 3 is 2.82 bits per heavy atom. The molecule has 0 bridgehead atoms. The molecular formula is C12H19N3O2. The molecular weight excluding hydrogens is 218 g/mol. The quantitative estimate of drug-likeness (QED) is 0.784. The maximum atomic E-state index is 11.1. The Balaban J connectivity index is 2.63. The van der Waals surface area contributed by atoms with Crippen LogP contribution in [0.15, 0.2) is 18.2 Å². The van der Waals surface area contributed by atoms with E-state index in [9.17, 15) is 4.79 Å². The molecule has 1 heterocycles. The van der Waals surface area contributed by atoms with Crippen LogP contribution in [-0.4, -0.2) is 24.0 Å². The molecule has 17 heavy (non-hydrogen) atoms. The first-order chi connectivity index (χ1) is 7.95. The molecule has 0 aromatic carbocycles. The number of aromatic nitrogens is 1. The molecule has 0 atom stereocenters. The number of primary amides is 1. The second-order valence-corrected chi connectivity index (χ2v) is 4.40. The summed E-state index contributed by atoms with van der Waals surface area (Å²) in [5, 5.41) is 3.07. The molecule has 94 valence electrons. The SMILES string of the molecule is CCOc1cccc(NCC(C)(C)C(N)=O)n1. The molecule has 0 saturated heterocycles. The number of rotatable bonds is 6. The molecule has 1 aromatic rings. The van der Waals surface area contributed by atoms with Crippen molar-refractivity contribution in [3.05, 3.63) is 18.2 Å². The van der Waals surface area contributed by atoms with Gasteiger partial charge in [-0.1, -0.05) is 6.07 Å². The topological polar surface area (TPSA) is 77.2 Å². The summed E-state index contributed by atoms with van der Waals surface area (Å²) in [7, 11) is 0. The van der Waals surface area contributed by atoms with E-state index in [1.165, 1.54) is 0 Å². The van der Waals surface area contributed by atoms with E-state index in [0.29, 0.717) is 24.8 Å². The number of ether oxygens (including phenoxy) is 1. The summed E-state index contributed by atoms with van der Waals surface area (Å²) in [6, 6.07) is 5.45. The number of carbonyl (C=O) groups is 1. The van der Waals surface area contributed by atoms with Crippen LogP contribution in [0.1, 0.15) is 20.8 Å². The van der Waals surface area contributed by atoms with E-state index in [0.717, 1.165) is 0 Å². The Hall–Kier alpha value is -1.78. The van der Waals surface area contributed by atoms with Gasteiger partial charge in [0.1, 0.15) is 5.82 Å². The van der Waals surface area contributed by atoms with E-state index in [4.69, 9.17) is 10.5 Å². The lowest BCUT2D eigenvalue weighted by Gasteiger charge is -2.21. The van der Waals surface area contributed by atoms with Gasteiger partial charge in [0.05, 0.1) is 12.0 Å². The lowest BCUT2D eigenvalue weighted by atomic mass is 9.93. The van der Waals surface area contributed by atoms with Gasteiger partial charge in [0.15, 0.2) is 0 Å². The minimum atomic E-state index is -0.608. The average Bonchev–Trinajstić information content (AvgIpc) is 2.27. The summed E-state index contributed by atoms with van der Waals surface area (Å²) in [5.41, 5.74) is 4.68. The maximum Gasteiger partial charge on any atom is 0.224 e. The van der Waals surface area contributed by atoms with E-state index in [-0.39, 0.29) is 5.91 Å². The van der Waals surface area contributed by atoms with Crippen LogP contribution in [0.4, 0.5) is 5.82 Å². The molecule has 5 nitrogen and oxygen atoms in total. The van der Waals surface area contributed by atoms with Crippen LogP contribution < -0.4 is 15.8 Å². The van der Waals surface area contributed by atoms with Gasteiger partial charge in [-0.05, 0) is 26.8 Å². The van der Waals surface area contributed by atoms with Gasteiger partial charge in [-0.15, -0.1) is 0 Å². The van der Waals surface area contributed by atoms with Gasteiger partial charge in [-0.2, -0.15) is 4.98 Å². The fourth-order valence-corrected chi connectivity index (χ4v) is 1.14. The third kappa shape index (κ3) is 3.94. The third-order valence-corrected chi connectivity index (χ3v) is 2.39. The molecule has 0 aliphatic heterocycles. The predicted octanol–water partition coefficient (Wildman–Crippen LogP) is 1.40. The zero-order valence-corrected chi connectivity index (χ0v) is 10.5. The summed E-state index contributed by atoms with van der Waals surface area (Å²) in [6.45, 7) is 6.48. The Kier molecular flexibility index (Phi) is 4.31. The summed E-state index contributed by atoms with van der Waals surface area (Å²) < 4.78 is 5.28. The largest absolute Gasteiger partial charge is 0.478 e. The van der Waals surface area contributed by atoms with Crippen molar-refractivity contribution in [3.8, 4) is 5.88 Å². The molecule has 0 spiro atoms. The van der Waals surface area contributed by atoms with Crippen molar-refractivity contribution in [3.63, 3.8) is 0 Å². The van der Waals surface area contributed by atoms with Crippen LogP contribution in [0.2, 0.25) is 0 Å². The normalized spacial score (nSPS) is 11.0. The average molecular weight is 237 g/mol. The zero-order valence-electron chi connectivity index (χ0n) is 10.5. The Morgan fingerprint density at radius 2 is 2.24 bits per heavy atom. The molecule has 0 unspecified atom stereocenters. The van der Waals surface area contributed by atoms with E-state index in [2.05, 4.69) is 10.3 Å². The lowest BCUT2D eigenvalue weighted by Crippen LogP contribution is -2.37. The van der Waals surface area contributed by atoms with Crippen LogP contribution in [0, 0.1) is 5.41 Å². The first kappa shape index (κ1) is 13.3. The summed E-state index contributed by atoms with van der Waals surface area (Å²) in [4.78, 5) is 15.4. The van der Waals surface area contributed by atoms with Crippen molar-refractivity contribution in [2.24, 2.45) is 11.1 Å². The van der Waals surface area contributed by atoms with Crippen molar-refractivity contribution in [2.45, 2.75) is 20.8 Å². The van der Waals surface area contributed by atoms with Gasteiger partial charge in [0, 0.05) is 12.6 Å². The third-order valence-electron chi connectivity index (χ3n) is 2.39. The summed E-state index contributed by atoms with van der Waals surface area (Å²) in [6.07, 6.45) is 0. The molecule has 3 N–H and O–H groups in total. The van der Waals surface area contributed by atoms with Gasteiger partial charge in [-0.3, -0.25) is 4.79 Å². The molecule has 0 saturated carbocycles. The van der Waals surface area contributed by atoms with Gasteiger partial charge in [0.2, 0.25) is 11.8 Å². The van der Waals surface area contributed by atoms with E-state index in [1.807, 2.05) is 19.1 Å². The first-order valence-corrected chi connectivity index (χ1v) is 5.59. The number of nitrogens with zero attached hydrogens (tertiary/aromatic N) is 1. The number of amides is 1. The van der Waals surface area contributed by atoms with Crippen LogP contribution >= 0.6 is 0 Å². The fourth-order valence-electron chi connectivity index (χ4n) is 1.14. The number of anilines is 1. The second-order valence-electron chi connectivity index (χ2n) is 4.40. The van der Waals surface area contributed by atoms with Crippen molar-refractivity contribution in [1.29, 1.82) is 0 Å². The zero-order chi connectivity index (χ0) is 12.9. The first-order valence-electron chi connectivity index (χ1n) is 5.59. The molecule has 0 radical (unpaired) electrons. The molecule has 0 aliphatic rings. The summed E-state index contributed by atoms with van der Waals surface area (Å²) >= 11 is 0. The highest BCUT2D eigenvalue weighted by Gasteiger charge is 2.24. The molecule has 1 rings (SSSR count). The predicted molar refractivity (Wildman–Crippen MR) is 66.9 cm³/mol. The van der Waals surface area contributed by atoms with Crippen LogP contribution in [0.25, 0.3) is 0 Å². The van der Waals surface area contributed by atoms with Gasteiger partial charge >= 0.3 is 0 Å². The van der Waals surface area contributed by atoms with Crippen LogP contribution in [0.3, 0.4) is 0 Å². The highest BCUT2D eigenvalue weighted by atomic mass is 16.5. The number of nitrogens with one attached hydrogen (secondary N) is 1. The van der Waals surface area contributed by atoms with Crippen molar-refractivity contribution < 1.29 is 9.53 Å². The monoisotopic (exact) mass is 237 g/mol. The molecule has 0 fully saturated rings. The molecule has 5 heteroatoms. The number of pyridine rings is 1. The van der Waals surface area contributed by atoms with Gasteiger partial charge in [-0.25, -0.2) is 0 Å². The minimum absolute atomic E-state index is 0.342. The van der Waals surface area contributed by atoms with Gasteiger partial charge in [0.25, 0.3) is 0 Å². The van der Waals surface area contributed by atoms with Crippen LogP contribution in [0.5, 0.6) is 5.88 Å². The number of hydrogen-bond acceptors (Lipinski definition) is 4. The highest BCUT2D eigenvalue weighted by Crippen LogP contribution is 2.16.